The number of aryl methyl sites for hydroxylation is 1. The summed E-state index contributed by atoms with van der Waals surface area (Å²) in [5.41, 5.74) is 1.34. The minimum atomic E-state index is -0.550. The Labute approximate surface area is 157 Å². The molecule has 3 aromatic rings. The van der Waals surface area contributed by atoms with Crippen LogP contribution >= 0.6 is 0 Å². The molecule has 0 saturated carbocycles. The molecule has 0 bridgehead atoms. The predicted molar refractivity (Wildman–Crippen MR) is 106 cm³/mol. The van der Waals surface area contributed by atoms with Crippen LogP contribution in [-0.2, 0) is 4.74 Å². The van der Waals surface area contributed by atoms with Crippen LogP contribution in [0, 0.1) is 18.8 Å². The highest BCUT2D eigenvalue weighted by molar-refractivity contribution is 6.04. The average Bonchev–Trinajstić information content (AvgIpc) is 2.57. The Morgan fingerprint density at radius 1 is 1.11 bits per heavy atom. The minimum Gasteiger partial charge on any atom is -0.444 e. The van der Waals surface area contributed by atoms with Crippen molar-refractivity contribution in [2.45, 2.75) is 33.3 Å². The first-order chi connectivity index (χ1) is 12.7. The summed E-state index contributed by atoms with van der Waals surface area (Å²) in [7, 11) is 0. The van der Waals surface area contributed by atoms with Crippen molar-refractivity contribution in [2.24, 2.45) is 0 Å². The second-order valence-corrected chi connectivity index (χ2v) is 7.31. The molecular formula is C22H21NO4. The maximum absolute atomic E-state index is 12.3. The molecular weight excluding hydrogens is 342 g/mol. The van der Waals surface area contributed by atoms with Crippen LogP contribution in [0.15, 0.2) is 45.6 Å². The van der Waals surface area contributed by atoms with Crippen molar-refractivity contribution in [1.29, 1.82) is 0 Å². The lowest BCUT2D eigenvalue weighted by molar-refractivity contribution is 0.0535. The van der Waals surface area contributed by atoms with E-state index in [9.17, 15) is 9.59 Å². The summed E-state index contributed by atoms with van der Waals surface area (Å²) in [6, 6.07) is 11.2. The Hall–Kier alpha value is -3.26. The van der Waals surface area contributed by atoms with Gasteiger partial charge in [0.05, 0.1) is 11.9 Å². The van der Waals surface area contributed by atoms with E-state index >= 15 is 0 Å². The molecule has 5 heteroatoms. The topological polar surface area (TPSA) is 68.5 Å². The largest absolute Gasteiger partial charge is 0.444 e. The fraction of sp³-hybridized carbons (Fsp3) is 0.273. The number of rotatable bonds is 1. The number of alkyl carbamates (subject to hydrolysis) is 1. The van der Waals surface area contributed by atoms with Gasteiger partial charge in [-0.2, -0.15) is 0 Å². The molecule has 1 heterocycles. The fourth-order valence-corrected chi connectivity index (χ4v) is 2.69. The molecule has 0 atom stereocenters. The van der Waals surface area contributed by atoms with Crippen LogP contribution in [0.1, 0.15) is 31.9 Å². The summed E-state index contributed by atoms with van der Waals surface area (Å²) in [5.74, 6) is 5.79. The van der Waals surface area contributed by atoms with Crippen molar-refractivity contribution in [2.75, 3.05) is 6.54 Å². The van der Waals surface area contributed by atoms with Crippen molar-refractivity contribution in [3.05, 3.63) is 57.9 Å². The molecule has 1 amide bonds. The van der Waals surface area contributed by atoms with Crippen molar-refractivity contribution in [3.63, 3.8) is 0 Å². The van der Waals surface area contributed by atoms with Crippen molar-refractivity contribution in [3.8, 4) is 11.8 Å². The molecule has 138 valence electrons. The van der Waals surface area contributed by atoms with Gasteiger partial charge >= 0.3 is 11.7 Å². The van der Waals surface area contributed by atoms with Crippen LogP contribution in [0.25, 0.3) is 21.7 Å². The van der Waals surface area contributed by atoms with E-state index in [4.69, 9.17) is 9.15 Å². The quantitative estimate of drug-likeness (QED) is 0.401. The molecule has 0 aliphatic carbocycles. The number of ether oxygens (including phenoxy) is 1. The highest BCUT2D eigenvalue weighted by Gasteiger charge is 2.15. The van der Waals surface area contributed by atoms with Gasteiger partial charge in [-0.3, -0.25) is 0 Å². The lowest BCUT2D eigenvalue weighted by Gasteiger charge is -2.18. The molecule has 5 nitrogen and oxygen atoms in total. The number of hydrogen-bond donors (Lipinski definition) is 1. The molecule has 0 fully saturated rings. The monoisotopic (exact) mass is 363 g/mol. The van der Waals surface area contributed by atoms with Gasteiger partial charge in [0.15, 0.2) is 0 Å². The molecule has 1 N–H and O–H groups in total. The van der Waals surface area contributed by atoms with Crippen molar-refractivity contribution in [1.82, 2.24) is 5.32 Å². The Bertz CT molecular complexity index is 1140. The van der Waals surface area contributed by atoms with Crippen LogP contribution in [0.2, 0.25) is 0 Å². The number of fused-ring (bicyclic) bond motifs is 3. The number of nitrogens with one attached hydrogen (secondary N) is 1. The van der Waals surface area contributed by atoms with Crippen LogP contribution in [0.5, 0.6) is 0 Å². The van der Waals surface area contributed by atoms with Crippen LogP contribution in [-0.4, -0.2) is 18.2 Å². The standard InChI is InChI=1S/C22H21NO4/c1-14-7-9-17-16-10-8-15(13-18(16)20(24)26-19(17)12-14)6-5-11-23-21(25)27-22(2,3)4/h7-10,12-13H,11H2,1-4H3,(H,23,25). The smallest absolute Gasteiger partial charge is 0.408 e. The number of benzene rings is 2. The summed E-state index contributed by atoms with van der Waals surface area (Å²) >= 11 is 0. The van der Waals surface area contributed by atoms with Crippen LogP contribution in [0.4, 0.5) is 4.79 Å². The first-order valence-electron chi connectivity index (χ1n) is 8.66. The second kappa shape index (κ2) is 7.16. The first-order valence-corrected chi connectivity index (χ1v) is 8.66. The van der Waals surface area contributed by atoms with Gasteiger partial charge < -0.3 is 14.5 Å². The van der Waals surface area contributed by atoms with E-state index in [1.807, 2.05) is 37.3 Å². The van der Waals surface area contributed by atoms with Gasteiger partial charge in [0, 0.05) is 16.3 Å². The number of carbonyl (C=O) groups excluding carboxylic acids is 1. The highest BCUT2D eigenvalue weighted by Crippen LogP contribution is 2.24. The summed E-state index contributed by atoms with van der Waals surface area (Å²) < 4.78 is 10.6. The van der Waals surface area contributed by atoms with Crippen LogP contribution in [0.3, 0.4) is 0 Å². The Balaban J connectivity index is 1.83. The molecule has 0 unspecified atom stereocenters. The molecule has 27 heavy (non-hydrogen) atoms. The zero-order chi connectivity index (χ0) is 19.6. The molecule has 0 aliphatic rings. The van der Waals surface area contributed by atoms with Gasteiger partial charge in [-0.25, -0.2) is 9.59 Å². The fourth-order valence-electron chi connectivity index (χ4n) is 2.69. The molecule has 0 radical (unpaired) electrons. The molecule has 3 rings (SSSR count). The molecule has 1 aromatic heterocycles. The average molecular weight is 363 g/mol. The van der Waals surface area contributed by atoms with Crippen molar-refractivity contribution >= 4 is 27.8 Å². The van der Waals surface area contributed by atoms with E-state index in [1.165, 1.54) is 0 Å². The Kier molecular flexibility index (Phi) is 4.91. The van der Waals surface area contributed by atoms with Crippen molar-refractivity contribution < 1.29 is 13.9 Å². The van der Waals surface area contributed by atoms with Crippen LogP contribution < -0.4 is 10.9 Å². The summed E-state index contributed by atoms with van der Waals surface area (Å²) in [4.78, 5) is 23.9. The normalized spacial score (nSPS) is 11.1. The van der Waals surface area contributed by atoms with Gasteiger partial charge in [-0.15, -0.1) is 0 Å². The molecule has 2 aromatic carbocycles. The summed E-state index contributed by atoms with van der Waals surface area (Å²) in [6.45, 7) is 7.49. The first kappa shape index (κ1) is 18.5. The lowest BCUT2D eigenvalue weighted by atomic mass is 10.0. The third-order valence-electron chi connectivity index (χ3n) is 3.82. The summed E-state index contributed by atoms with van der Waals surface area (Å²) in [6.07, 6.45) is -0.516. The minimum absolute atomic E-state index is 0.151. The van der Waals surface area contributed by atoms with Gasteiger partial charge in [0.2, 0.25) is 0 Å². The van der Waals surface area contributed by atoms with E-state index in [0.29, 0.717) is 16.5 Å². The Morgan fingerprint density at radius 2 is 1.85 bits per heavy atom. The molecule has 0 spiro atoms. The molecule has 0 aliphatic heterocycles. The van der Waals surface area contributed by atoms with E-state index < -0.39 is 17.3 Å². The summed E-state index contributed by atoms with van der Waals surface area (Å²) in [5, 5.41) is 4.78. The van der Waals surface area contributed by atoms with E-state index in [0.717, 1.165) is 16.3 Å². The predicted octanol–water partition coefficient (Wildman–Crippen LogP) is 4.13. The zero-order valence-electron chi connectivity index (χ0n) is 15.8. The highest BCUT2D eigenvalue weighted by atomic mass is 16.6. The molecule has 0 saturated heterocycles. The lowest BCUT2D eigenvalue weighted by Crippen LogP contribution is -2.32. The number of hydrogen-bond acceptors (Lipinski definition) is 4. The zero-order valence-corrected chi connectivity index (χ0v) is 15.8. The number of carbonyl (C=O) groups is 1. The Morgan fingerprint density at radius 3 is 2.59 bits per heavy atom. The third kappa shape index (κ3) is 4.48. The van der Waals surface area contributed by atoms with Gasteiger partial charge in [-0.05, 0) is 51.5 Å². The van der Waals surface area contributed by atoms with E-state index in [2.05, 4.69) is 17.2 Å². The maximum atomic E-state index is 12.3. The third-order valence-corrected chi connectivity index (χ3v) is 3.82. The van der Waals surface area contributed by atoms with Gasteiger partial charge in [0.25, 0.3) is 0 Å². The number of amides is 1. The van der Waals surface area contributed by atoms with E-state index in [-0.39, 0.29) is 6.54 Å². The second-order valence-electron chi connectivity index (χ2n) is 7.31. The van der Waals surface area contributed by atoms with Gasteiger partial charge in [-0.1, -0.05) is 30.0 Å². The van der Waals surface area contributed by atoms with Gasteiger partial charge in [0.1, 0.15) is 11.2 Å². The maximum Gasteiger partial charge on any atom is 0.408 e. The SMILES string of the molecule is Cc1ccc2c(c1)oc(=O)c1cc(C#CCNC(=O)OC(C)(C)C)ccc12. The van der Waals surface area contributed by atoms with E-state index in [1.54, 1.807) is 26.8 Å².